The summed E-state index contributed by atoms with van der Waals surface area (Å²) < 4.78 is 6.45. The molecule has 106 valence electrons. The van der Waals surface area contributed by atoms with Crippen molar-refractivity contribution in [3.8, 4) is 5.75 Å². The third-order valence-corrected chi connectivity index (χ3v) is 3.92. The summed E-state index contributed by atoms with van der Waals surface area (Å²) in [5.41, 5.74) is 2.18. The van der Waals surface area contributed by atoms with E-state index in [2.05, 4.69) is 40.3 Å². The second-order valence-corrected chi connectivity index (χ2v) is 5.78. The zero-order chi connectivity index (χ0) is 14.5. The Morgan fingerprint density at radius 2 is 1.90 bits per heavy atom. The standard InChI is InChI=1S/C16H17BrClNO/c1-3-20-14-7-4-12(5-8-14)11(2)19-16-10-13(18)6-9-15(16)17/h4-11,19H,3H2,1-2H3. The Hall–Kier alpha value is -1.19. The van der Waals surface area contributed by atoms with Gasteiger partial charge in [-0.25, -0.2) is 0 Å². The molecule has 0 bridgehead atoms. The second kappa shape index (κ2) is 7.00. The summed E-state index contributed by atoms with van der Waals surface area (Å²) >= 11 is 9.55. The molecule has 2 aromatic rings. The molecule has 0 radical (unpaired) electrons. The molecule has 0 fully saturated rings. The highest BCUT2D eigenvalue weighted by atomic mass is 79.9. The highest BCUT2D eigenvalue weighted by molar-refractivity contribution is 9.10. The molecule has 0 amide bonds. The molecule has 0 aliphatic carbocycles. The molecular weight excluding hydrogens is 338 g/mol. The van der Waals surface area contributed by atoms with Crippen molar-refractivity contribution in [2.75, 3.05) is 11.9 Å². The van der Waals surface area contributed by atoms with Crippen molar-refractivity contribution >= 4 is 33.2 Å². The van der Waals surface area contributed by atoms with E-state index in [4.69, 9.17) is 16.3 Å². The molecule has 0 heterocycles. The molecule has 1 atom stereocenters. The van der Waals surface area contributed by atoms with Crippen LogP contribution in [0.15, 0.2) is 46.9 Å². The lowest BCUT2D eigenvalue weighted by Crippen LogP contribution is -2.07. The Balaban J connectivity index is 2.11. The van der Waals surface area contributed by atoms with E-state index in [0.29, 0.717) is 6.61 Å². The zero-order valence-corrected chi connectivity index (χ0v) is 13.8. The van der Waals surface area contributed by atoms with Crippen LogP contribution < -0.4 is 10.1 Å². The molecule has 2 rings (SSSR count). The second-order valence-electron chi connectivity index (χ2n) is 4.49. The molecule has 2 aromatic carbocycles. The number of rotatable bonds is 5. The van der Waals surface area contributed by atoms with Gasteiger partial charge in [-0.05, 0) is 65.7 Å². The Bertz CT molecular complexity index is 571. The topological polar surface area (TPSA) is 21.3 Å². The van der Waals surface area contributed by atoms with E-state index in [9.17, 15) is 0 Å². The normalized spacial score (nSPS) is 12.0. The monoisotopic (exact) mass is 353 g/mol. The van der Waals surface area contributed by atoms with Gasteiger partial charge in [0, 0.05) is 15.5 Å². The number of ether oxygens (including phenoxy) is 1. The third-order valence-electron chi connectivity index (χ3n) is 2.99. The van der Waals surface area contributed by atoms with Crippen LogP contribution in [-0.4, -0.2) is 6.61 Å². The van der Waals surface area contributed by atoms with E-state index in [1.165, 1.54) is 5.56 Å². The van der Waals surface area contributed by atoms with Crippen LogP contribution in [0, 0.1) is 0 Å². The highest BCUT2D eigenvalue weighted by Gasteiger charge is 2.08. The van der Waals surface area contributed by atoms with E-state index in [-0.39, 0.29) is 6.04 Å². The van der Waals surface area contributed by atoms with E-state index in [1.54, 1.807) is 0 Å². The van der Waals surface area contributed by atoms with Crippen LogP contribution in [0.5, 0.6) is 5.75 Å². The van der Waals surface area contributed by atoms with E-state index in [1.807, 2.05) is 37.3 Å². The van der Waals surface area contributed by atoms with Gasteiger partial charge in [-0.3, -0.25) is 0 Å². The van der Waals surface area contributed by atoms with E-state index < -0.39 is 0 Å². The van der Waals surface area contributed by atoms with Gasteiger partial charge in [-0.2, -0.15) is 0 Å². The Morgan fingerprint density at radius 3 is 2.55 bits per heavy atom. The van der Waals surface area contributed by atoms with Crippen molar-refractivity contribution in [1.29, 1.82) is 0 Å². The first kappa shape index (κ1) is 15.2. The minimum absolute atomic E-state index is 0.181. The summed E-state index contributed by atoms with van der Waals surface area (Å²) in [6.45, 7) is 4.78. The molecular formula is C16H17BrClNO. The first-order valence-electron chi connectivity index (χ1n) is 6.54. The first-order valence-corrected chi connectivity index (χ1v) is 7.71. The first-order chi connectivity index (χ1) is 9.60. The molecule has 4 heteroatoms. The molecule has 0 saturated heterocycles. The number of halogens is 2. The lowest BCUT2D eigenvalue weighted by Gasteiger charge is -2.17. The fraction of sp³-hybridized carbons (Fsp3) is 0.250. The maximum absolute atomic E-state index is 6.02. The minimum atomic E-state index is 0.181. The molecule has 2 nitrogen and oxygen atoms in total. The smallest absolute Gasteiger partial charge is 0.119 e. The number of anilines is 1. The summed E-state index contributed by atoms with van der Waals surface area (Å²) in [5, 5.41) is 4.16. The predicted molar refractivity (Wildman–Crippen MR) is 88.8 cm³/mol. The molecule has 0 aliphatic rings. The summed E-state index contributed by atoms with van der Waals surface area (Å²) in [7, 11) is 0. The average molecular weight is 355 g/mol. The van der Waals surface area contributed by atoms with Crippen molar-refractivity contribution in [3.05, 3.63) is 57.5 Å². The fourth-order valence-corrected chi connectivity index (χ4v) is 2.48. The maximum atomic E-state index is 6.02. The van der Waals surface area contributed by atoms with Gasteiger partial charge < -0.3 is 10.1 Å². The SMILES string of the molecule is CCOc1ccc(C(C)Nc2cc(Cl)ccc2Br)cc1. The largest absolute Gasteiger partial charge is 0.494 e. The van der Waals surface area contributed by atoms with Gasteiger partial charge in [0.2, 0.25) is 0 Å². The Kier molecular flexibility index (Phi) is 5.32. The minimum Gasteiger partial charge on any atom is -0.494 e. The fourth-order valence-electron chi connectivity index (χ4n) is 1.94. The quantitative estimate of drug-likeness (QED) is 0.746. The van der Waals surface area contributed by atoms with Crippen LogP contribution in [-0.2, 0) is 0 Å². The molecule has 0 aromatic heterocycles. The van der Waals surface area contributed by atoms with Gasteiger partial charge in [-0.15, -0.1) is 0 Å². The number of hydrogen-bond donors (Lipinski definition) is 1. The van der Waals surface area contributed by atoms with Crippen LogP contribution in [0.2, 0.25) is 5.02 Å². The molecule has 1 N–H and O–H groups in total. The van der Waals surface area contributed by atoms with Crippen LogP contribution in [0.25, 0.3) is 0 Å². The predicted octanol–water partition coefficient (Wildman–Crippen LogP) is 5.67. The summed E-state index contributed by atoms with van der Waals surface area (Å²) in [6.07, 6.45) is 0. The molecule has 20 heavy (non-hydrogen) atoms. The summed E-state index contributed by atoms with van der Waals surface area (Å²) in [4.78, 5) is 0. The van der Waals surface area contributed by atoms with Crippen LogP contribution in [0.4, 0.5) is 5.69 Å². The van der Waals surface area contributed by atoms with Gasteiger partial charge in [0.05, 0.1) is 12.3 Å². The van der Waals surface area contributed by atoms with Crippen LogP contribution in [0.1, 0.15) is 25.5 Å². The van der Waals surface area contributed by atoms with Gasteiger partial charge in [-0.1, -0.05) is 23.7 Å². The van der Waals surface area contributed by atoms with Gasteiger partial charge in [0.1, 0.15) is 5.75 Å². The van der Waals surface area contributed by atoms with Crippen molar-refractivity contribution in [1.82, 2.24) is 0 Å². The van der Waals surface area contributed by atoms with E-state index in [0.717, 1.165) is 20.9 Å². The van der Waals surface area contributed by atoms with Crippen molar-refractivity contribution in [2.24, 2.45) is 0 Å². The van der Waals surface area contributed by atoms with Gasteiger partial charge in [0.15, 0.2) is 0 Å². The zero-order valence-electron chi connectivity index (χ0n) is 11.5. The molecule has 0 saturated carbocycles. The van der Waals surface area contributed by atoms with Gasteiger partial charge in [0.25, 0.3) is 0 Å². The highest BCUT2D eigenvalue weighted by Crippen LogP contribution is 2.29. The Labute approximate surface area is 133 Å². The van der Waals surface area contributed by atoms with E-state index >= 15 is 0 Å². The van der Waals surface area contributed by atoms with Crippen molar-refractivity contribution in [2.45, 2.75) is 19.9 Å². The molecule has 0 aliphatic heterocycles. The summed E-state index contributed by atoms with van der Waals surface area (Å²) in [6, 6.07) is 14.0. The van der Waals surface area contributed by atoms with Gasteiger partial charge >= 0.3 is 0 Å². The Morgan fingerprint density at radius 1 is 1.20 bits per heavy atom. The third kappa shape index (κ3) is 3.90. The lowest BCUT2D eigenvalue weighted by molar-refractivity contribution is 0.340. The van der Waals surface area contributed by atoms with Crippen LogP contribution >= 0.6 is 27.5 Å². The maximum Gasteiger partial charge on any atom is 0.119 e. The molecule has 1 unspecified atom stereocenters. The lowest BCUT2D eigenvalue weighted by atomic mass is 10.1. The van der Waals surface area contributed by atoms with Crippen molar-refractivity contribution in [3.63, 3.8) is 0 Å². The average Bonchev–Trinajstić information content (AvgIpc) is 2.44. The number of nitrogens with one attached hydrogen (secondary N) is 1. The van der Waals surface area contributed by atoms with Crippen LogP contribution in [0.3, 0.4) is 0 Å². The number of benzene rings is 2. The van der Waals surface area contributed by atoms with Crippen molar-refractivity contribution < 1.29 is 4.74 Å². The molecule has 0 spiro atoms. The number of hydrogen-bond acceptors (Lipinski definition) is 2. The summed E-state index contributed by atoms with van der Waals surface area (Å²) in [5.74, 6) is 0.896.